The van der Waals surface area contributed by atoms with Crippen LogP contribution in [0.1, 0.15) is 23.0 Å². The highest BCUT2D eigenvalue weighted by Crippen LogP contribution is 2.32. The number of ether oxygens (including phenoxy) is 1. The number of anilines is 2. The lowest BCUT2D eigenvalue weighted by molar-refractivity contribution is 0.101. The van der Waals surface area contributed by atoms with Gasteiger partial charge in [-0.3, -0.25) is 4.79 Å². The molecule has 0 radical (unpaired) electrons. The van der Waals surface area contributed by atoms with Crippen molar-refractivity contribution < 1.29 is 9.53 Å². The number of rotatable bonds is 4. The molecule has 0 amide bonds. The first-order valence-corrected chi connectivity index (χ1v) is 6.76. The molecule has 0 aliphatic rings. The SMILES string of the molecule is COc1ccc(Nc2snc(C)c2C(C)=O)cc1Cl. The predicted octanol–water partition coefficient (Wildman–Crippen LogP) is 4.06. The number of carbonyl (C=O) groups is 1. The summed E-state index contributed by atoms with van der Waals surface area (Å²) in [6.07, 6.45) is 0. The molecule has 0 bridgehead atoms. The van der Waals surface area contributed by atoms with E-state index >= 15 is 0 Å². The van der Waals surface area contributed by atoms with Crippen molar-refractivity contribution >= 4 is 39.6 Å². The van der Waals surface area contributed by atoms with Crippen molar-refractivity contribution in [3.63, 3.8) is 0 Å². The van der Waals surface area contributed by atoms with Gasteiger partial charge in [0.1, 0.15) is 10.8 Å². The third-order valence-electron chi connectivity index (χ3n) is 2.62. The Morgan fingerprint density at radius 1 is 1.47 bits per heavy atom. The number of nitrogens with zero attached hydrogens (tertiary/aromatic N) is 1. The van der Waals surface area contributed by atoms with Crippen LogP contribution in [-0.2, 0) is 0 Å². The lowest BCUT2D eigenvalue weighted by atomic mass is 10.2. The molecule has 6 heteroatoms. The van der Waals surface area contributed by atoms with Crippen LogP contribution < -0.4 is 10.1 Å². The molecule has 1 N–H and O–H groups in total. The van der Waals surface area contributed by atoms with Crippen molar-refractivity contribution in [3.8, 4) is 5.75 Å². The Labute approximate surface area is 120 Å². The Balaban J connectivity index is 2.31. The highest BCUT2D eigenvalue weighted by Gasteiger charge is 2.15. The minimum Gasteiger partial charge on any atom is -0.495 e. The minimum absolute atomic E-state index is 0.00615. The van der Waals surface area contributed by atoms with Crippen LogP contribution in [-0.4, -0.2) is 17.3 Å². The second kappa shape index (κ2) is 5.59. The van der Waals surface area contributed by atoms with Crippen molar-refractivity contribution in [1.82, 2.24) is 4.37 Å². The number of carbonyl (C=O) groups excluding carboxylic acids is 1. The molecular weight excluding hydrogens is 284 g/mol. The maximum atomic E-state index is 11.6. The zero-order valence-electron chi connectivity index (χ0n) is 10.8. The average molecular weight is 297 g/mol. The smallest absolute Gasteiger partial charge is 0.164 e. The Morgan fingerprint density at radius 3 is 2.79 bits per heavy atom. The molecule has 0 saturated carbocycles. The van der Waals surface area contributed by atoms with Gasteiger partial charge in [0.25, 0.3) is 0 Å². The summed E-state index contributed by atoms with van der Waals surface area (Å²) in [6, 6.07) is 5.36. The zero-order chi connectivity index (χ0) is 14.0. The molecule has 2 aromatic rings. The number of nitrogens with one attached hydrogen (secondary N) is 1. The van der Waals surface area contributed by atoms with Gasteiger partial charge in [-0.25, -0.2) is 0 Å². The summed E-state index contributed by atoms with van der Waals surface area (Å²) < 4.78 is 9.28. The van der Waals surface area contributed by atoms with Crippen molar-refractivity contribution in [1.29, 1.82) is 0 Å². The van der Waals surface area contributed by atoms with Crippen molar-refractivity contribution in [2.24, 2.45) is 0 Å². The van der Waals surface area contributed by atoms with Crippen LogP contribution in [0.5, 0.6) is 5.75 Å². The molecule has 2 rings (SSSR count). The number of aromatic nitrogens is 1. The van der Waals surface area contributed by atoms with Gasteiger partial charge in [-0.05, 0) is 43.6 Å². The summed E-state index contributed by atoms with van der Waals surface area (Å²) in [4.78, 5) is 11.6. The standard InChI is InChI=1S/C13H13ClN2O2S/c1-7-12(8(2)17)13(19-16-7)15-9-4-5-11(18-3)10(14)6-9/h4-6,15H,1-3H3. The molecule has 0 aliphatic carbocycles. The number of benzene rings is 1. The fourth-order valence-corrected chi connectivity index (χ4v) is 2.87. The molecule has 0 aliphatic heterocycles. The van der Waals surface area contributed by atoms with Gasteiger partial charge >= 0.3 is 0 Å². The van der Waals surface area contributed by atoms with Crippen molar-refractivity contribution in [2.45, 2.75) is 13.8 Å². The summed E-state index contributed by atoms with van der Waals surface area (Å²) in [6.45, 7) is 3.35. The Kier molecular flexibility index (Phi) is 4.07. The number of Topliss-reactive ketones (excluding diaryl/α,β-unsaturated/α-hetero) is 1. The van der Waals surface area contributed by atoms with E-state index in [1.54, 1.807) is 19.2 Å². The summed E-state index contributed by atoms with van der Waals surface area (Å²) >= 11 is 7.32. The number of ketones is 1. The van der Waals surface area contributed by atoms with E-state index in [0.717, 1.165) is 16.4 Å². The van der Waals surface area contributed by atoms with Crippen LogP contribution in [0.25, 0.3) is 0 Å². The van der Waals surface area contributed by atoms with Gasteiger partial charge in [0.15, 0.2) is 5.78 Å². The lowest BCUT2D eigenvalue weighted by Gasteiger charge is -2.08. The molecule has 1 heterocycles. The van der Waals surface area contributed by atoms with Crippen LogP contribution in [0.2, 0.25) is 5.02 Å². The van der Waals surface area contributed by atoms with Crippen LogP contribution in [0.15, 0.2) is 18.2 Å². The normalized spacial score (nSPS) is 10.3. The average Bonchev–Trinajstić information content (AvgIpc) is 2.70. The fourth-order valence-electron chi connectivity index (χ4n) is 1.74. The van der Waals surface area contributed by atoms with E-state index < -0.39 is 0 Å². The van der Waals surface area contributed by atoms with Crippen LogP contribution in [0, 0.1) is 6.92 Å². The van der Waals surface area contributed by atoms with E-state index in [0.29, 0.717) is 16.3 Å². The van der Waals surface area contributed by atoms with E-state index in [4.69, 9.17) is 16.3 Å². The predicted molar refractivity (Wildman–Crippen MR) is 78.1 cm³/mol. The lowest BCUT2D eigenvalue weighted by Crippen LogP contribution is -1.98. The Morgan fingerprint density at radius 2 is 2.21 bits per heavy atom. The van der Waals surface area contributed by atoms with Crippen LogP contribution in [0.4, 0.5) is 10.7 Å². The van der Waals surface area contributed by atoms with Crippen molar-refractivity contribution in [2.75, 3.05) is 12.4 Å². The summed E-state index contributed by atoms with van der Waals surface area (Å²) in [7, 11) is 1.56. The molecule has 100 valence electrons. The molecule has 0 unspecified atom stereocenters. The van der Waals surface area contributed by atoms with Crippen LogP contribution in [0.3, 0.4) is 0 Å². The summed E-state index contributed by atoms with van der Waals surface area (Å²) in [5.74, 6) is 0.604. The van der Waals surface area contributed by atoms with Gasteiger partial charge in [-0.1, -0.05) is 11.6 Å². The first-order chi connectivity index (χ1) is 9.02. The van der Waals surface area contributed by atoms with E-state index in [9.17, 15) is 4.79 Å². The van der Waals surface area contributed by atoms with E-state index in [2.05, 4.69) is 9.69 Å². The van der Waals surface area contributed by atoms with Crippen LogP contribution >= 0.6 is 23.1 Å². The Bertz CT molecular complexity index is 625. The fraction of sp³-hybridized carbons (Fsp3) is 0.231. The molecule has 4 nitrogen and oxygen atoms in total. The van der Waals surface area contributed by atoms with E-state index in [-0.39, 0.29) is 5.78 Å². The third-order valence-corrected chi connectivity index (χ3v) is 3.77. The second-order valence-corrected chi connectivity index (χ2v) is 5.18. The van der Waals surface area contributed by atoms with Gasteiger partial charge in [0.2, 0.25) is 0 Å². The number of methoxy groups -OCH3 is 1. The van der Waals surface area contributed by atoms with Gasteiger partial charge < -0.3 is 10.1 Å². The Hall–Kier alpha value is -1.59. The number of aryl methyl sites for hydroxylation is 1. The molecule has 0 saturated heterocycles. The second-order valence-electron chi connectivity index (χ2n) is 4.00. The molecule has 1 aromatic carbocycles. The summed E-state index contributed by atoms with van der Waals surface area (Å²) in [5, 5.41) is 4.40. The number of hydrogen-bond donors (Lipinski definition) is 1. The molecule has 0 atom stereocenters. The minimum atomic E-state index is -0.00615. The monoisotopic (exact) mass is 296 g/mol. The van der Waals surface area contributed by atoms with E-state index in [1.165, 1.54) is 18.5 Å². The maximum Gasteiger partial charge on any atom is 0.164 e. The van der Waals surface area contributed by atoms with E-state index in [1.807, 2.05) is 13.0 Å². The first kappa shape index (κ1) is 13.8. The van der Waals surface area contributed by atoms with Crippen molar-refractivity contribution in [3.05, 3.63) is 34.5 Å². The highest BCUT2D eigenvalue weighted by molar-refractivity contribution is 7.10. The zero-order valence-corrected chi connectivity index (χ0v) is 12.4. The van der Waals surface area contributed by atoms with Gasteiger partial charge in [0, 0.05) is 5.69 Å². The molecule has 0 fully saturated rings. The molecule has 0 spiro atoms. The van der Waals surface area contributed by atoms with Gasteiger partial charge in [-0.15, -0.1) is 0 Å². The topological polar surface area (TPSA) is 51.2 Å². The highest BCUT2D eigenvalue weighted by atomic mass is 35.5. The molecule has 1 aromatic heterocycles. The third kappa shape index (κ3) is 2.88. The number of hydrogen-bond acceptors (Lipinski definition) is 5. The largest absolute Gasteiger partial charge is 0.495 e. The maximum absolute atomic E-state index is 11.6. The molecular formula is C13H13ClN2O2S. The quantitative estimate of drug-likeness (QED) is 0.865. The summed E-state index contributed by atoms with van der Waals surface area (Å²) in [5.41, 5.74) is 2.15. The van der Waals surface area contributed by atoms with Gasteiger partial charge in [-0.2, -0.15) is 4.37 Å². The van der Waals surface area contributed by atoms with Gasteiger partial charge in [0.05, 0.1) is 23.4 Å². The number of halogens is 1. The first-order valence-electron chi connectivity index (χ1n) is 5.60. The molecule has 19 heavy (non-hydrogen) atoms.